The molecule has 0 aromatic rings. The molecule has 0 bridgehead atoms. The van der Waals surface area contributed by atoms with Crippen LogP contribution in [0.4, 0.5) is 13.9 Å². The summed E-state index contributed by atoms with van der Waals surface area (Å²) in [5, 5.41) is 0. The largest absolute Gasteiger partial charge is 0.269 e. The lowest BCUT2D eigenvalue weighted by Gasteiger charge is -2.43. The molecular formula is C30H63B2F3. The molecule has 0 amide bonds. The van der Waals surface area contributed by atoms with Gasteiger partial charge in [-0.3, -0.25) is 4.70 Å². The minimum Gasteiger partial charge on any atom is -0.269 e. The summed E-state index contributed by atoms with van der Waals surface area (Å²) in [7, 11) is 0. The maximum atomic E-state index is 8.00. The Kier molecular flexibility index (Phi) is 34.6. The minimum atomic E-state index is 0. The first-order chi connectivity index (χ1) is 15.1. The van der Waals surface area contributed by atoms with Crippen molar-refractivity contribution in [1.82, 2.24) is 0 Å². The van der Waals surface area contributed by atoms with Crippen molar-refractivity contribution in [2.24, 2.45) is 47.3 Å². The average molecular weight is 502 g/mol. The van der Waals surface area contributed by atoms with Crippen LogP contribution in [0.25, 0.3) is 0 Å². The highest BCUT2D eigenvalue weighted by atomic mass is 20.0. The Morgan fingerprint density at radius 3 is 1.09 bits per heavy atom. The van der Waals surface area contributed by atoms with Crippen molar-refractivity contribution in [3.05, 3.63) is 0 Å². The second-order valence-corrected chi connectivity index (χ2v) is 10.7. The zero-order valence-corrected chi connectivity index (χ0v) is 24.1. The normalized spacial score (nSPS) is 29.8. The van der Waals surface area contributed by atoms with Crippen molar-refractivity contribution < 1.29 is 13.9 Å². The third-order valence-electron chi connectivity index (χ3n) is 8.72. The molecule has 0 N–H and O–H groups in total. The summed E-state index contributed by atoms with van der Waals surface area (Å²) in [5.74, 6) is 8.51. The predicted octanol–water partition coefficient (Wildman–Crippen LogP) is 11.0. The molecule has 6 radical (unpaired) electrons. The molecule has 0 nitrogen and oxygen atoms in total. The fourth-order valence-corrected chi connectivity index (χ4v) is 7.46. The third kappa shape index (κ3) is 14.4. The number of hydrogen-bond donors (Lipinski definition) is 0. The van der Waals surface area contributed by atoms with Gasteiger partial charge in [0.05, 0.1) is 0 Å². The number of halogens is 3. The van der Waals surface area contributed by atoms with E-state index in [0.717, 1.165) is 47.3 Å². The van der Waals surface area contributed by atoms with Crippen LogP contribution in [0, 0.1) is 47.3 Å². The molecule has 0 aromatic carbocycles. The van der Waals surface area contributed by atoms with Crippen LogP contribution in [-0.2, 0) is 0 Å². The molecular weight excluding hydrogens is 439 g/mol. The molecule has 35 heavy (non-hydrogen) atoms. The van der Waals surface area contributed by atoms with Crippen molar-refractivity contribution >= 4 is 16.8 Å². The van der Waals surface area contributed by atoms with E-state index >= 15 is 0 Å². The number of rotatable bonds is 2. The first kappa shape index (κ1) is 44.9. The van der Waals surface area contributed by atoms with E-state index < -0.39 is 0 Å². The first-order valence-electron chi connectivity index (χ1n) is 14.2. The van der Waals surface area contributed by atoms with Crippen molar-refractivity contribution in [2.45, 2.75) is 146 Å². The topological polar surface area (TPSA) is 0 Å². The van der Waals surface area contributed by atoms with Crippen LogP contribution in [0.2, 0.25) is 0 Å². The summed E-state index contributed by atoms with van der Waals surface area (Å²) in [6.07, 6.45) is 19.9. The maximum absolute atomic E-state index is 8.00. The lowest BCUT2D eigenvalue weighted by molar-refractivity contribution is 0.0747. The SMILES string of the molecule is C.CC.CC.CC(C)C1CCCC2CCCC21.CC(C)C1CCCC2CCCCC21.F.FF.[B].[B]. The Hall–Kier alpha value is -0.0801. The van der Waals surface area contributed by atoms with Gasteiger partial charge in [0, 0.05) is 26.0 Å². The van der Waals surface area contributed by atoms with E-state index in [1.165, 1.54) is 44.9 Å². The molecule has 0 heterocycles. The fourth-order valence-electron chi connectivity index (χ4n) is 7.46. The highest BCUT2D eigenvalue weighted by Gasteiger charge is 2.37. The Morgan fingerprint density at radius 1 is 0.486 bits per heavy atom. The van der Waals surface area contributed by atoms with Gasteiger partial charge in [0.1, 0.15) is 0 Å². The monoisotopic (exact) mass is 503 g/mol. The Balaban J connectivity index is -0.000000129. The summed E-state index contributed by atoms with van der Waals surface area (Å²) in [6, 6.07) is 0. The van der Waals surface area contributed by atoms with E-state index in [4.69, 9.17) is 9.15 Å². The van der Waals surface area contributed by atoms with Gasteiger partial charge in [0.2, 0.25) is 0 Å². The molecule has 0 spiro atoms. The maximum Gasteiger partial charge on any atom is 0 e. The molecule has 5 heteroatoms. The quantitative estimate of drug-likeness (QED) is 0.330. The lowest BCUT2D eigenvalue weighted by Crippen LogP contribution is -2.33. The molecule has 6 atom stereocenters. The zero-order valence-electron chi connectivity index (χ0n) is 24.1. The van der Waals surface area contributed by atoms with Gasteiger partial charge in [-0.25, -0.2) is 0 Å². The molecule has 0 saturated heterocycles. The summed E-state index contributed by atoms with van der Waals surface area (Å²) < 4.78 is 16.0. The Morgan fingerprint density at radius 2 is 0.743 bits per heavy atom. The molecule has 4 saturated carbocycles. The fraction of sp³-hybridized carbons (Fsp3) is 1.00. The van der Waals surface area contributed by atoms with Crippen molar-refractivity contribution in [3.8, 4) is 0 Å². The van der Waals surface area contributed by atoms with E-state index in [1.54, 1.807) is 38.5 Å². The van der Waals surface area contributed by atoms with Crippen LogP contribution in [0.5, 0.6) is 0 Å². The van der Waals surface area contributed by atoms with Gasteiger partial charge >= 0.3 is 0 Å². The summed E-state index contributed by atoms with van der Waals surface area (Å²) in [4.78, 5) is 0. The molecule has 4 rings (SSSR count). The van der Waals surface area contributed by atoms with Crippen LogP contribution < -0.4 is 0 Å². The molecule has 210 valence electrons. The van der Waals surface area contributed by atoms with Gasteiger partial charge in [0.15, 0.2) is 0 Å². The van der Waals surface area contributed by atoms with Crippen molar-refractivity contribution in [1.29, 1.82) is 0 Å². The minimum absolute atomic E-state index is 0. The van der Waals surface area contributed by atoms with Gasteiger partial charge < -0.3 is 0 Å². The van der Waals surface area contributed by atoms with Crippen LogP contribution in [0.15, 0.2) is 0 Å². The van der Waals surface area contributed by atoms with E-state index in [9.17, 15) is 0 Å². The van der Waals surface area contributed by atoms with Crippen molar-refractivity contribution in [3.63, 3.8) is 0 Å². The van der Waals surface area contributed by atoms with Crippen LogP contribution >= 0.6 is 0 Å². The standard InChI is InChI=1S/C13H24.C12H22.2C2H6.CH4.2B.F2.FH/c1-10(2)12-9-5-7-11-6-3-4-8-13(11)12;1-9(2)11-7-3-5-10-6-4-8-12(10)11;2*1-2;;;;1-2;/h10-13H,3-9H2,1-2H3;9-12H,3-8H2,1-2H3;2*1-2H3;1H4;;;;1H. The van der Waals surface area contributed by atoms with E-state index in [0.29, 0.717) is 0 Å². The molecule has 4 fully saturated rings. The number of hydrogen-bond acceptors (Lipinski definition) is 0. The summed E-state index contributed by atoms with van der Waals surface area (Å²) >= 11 is 0. The van der Waals surface area contributed by atoms with Crippen LogP contribution in [-0.4, -0.2) is 16.8 Å². The zero-order chi connectivity index (χ0) is 23.8. The van der Waals surface area contributed by atoms with Crippen LogP contribution in [0.3, 0.4) is 0 Å². The predicted molar refractivity (Wildman–Crippen MR) is 156 cm³/mol. The van der Waals surface area contributed by atoms with Gasteiger partial charge in [0.25, 0.3) is 0 Å². The van der Waals surface area contributed by atoms with Crippen molar-refractivity contribution in [2.75, 3.05) is 0 Å². The van der Waals surface area contributed by atoms with Crippen LogP contribution in [0.1, 0.15) is 146 Å². The first-order valence-corrected chi connectivity index (χ1v) is 14.2. The van der Waals surface area contributed by atoms with Gasteiger partial charge in [-0.2, -0.15) is 0 Å². The Labute approximate surface area is 224 Å². The highest BCUT2D eigenvalue weighted by Crippen LogP contribution is 2.48. The molecule has 4 aliphatic carbocycles. The number of fused-ring (bicyclic) bond motifs is 2. The second-order valence-electron chi connectivity index (χ2n) is 10.7. The molecule has 4 aliphatic rings. The molecule has 6 unspecified atom stereocenters. The molecule has 0 aromatic heterocycles. The summed E-state index contributed by atoms with van der Waals surface area (Å²) in [5.41, 5.74) is 0. The highest BCUT2D eigenvalue weighted by molar-refractivity contribution is 5.76. The average Bonchev–Trinajstić information content (AvgIpc) is 3.32. The second kappa shape index (κ2) is 27.0. The van der Waals surface area contributed by atoms with Gasteiger partial charge in [-0.15, -0.1) is 0 Å². The van der Waals surface area contributed by atoms with E-state index in [1.807, 2.05) is 27.7 Å². The molecule has 0 aliphatic heterocycles. The van der Waals surface area contributed by atoms with Gasteiger partial charge in [-0.05, 0) is 73.0 Å². The van der Waals surface area contributed by atoms with E-state index in [2.05, 4.69) is 27.7 Å². The third-order valence-corrected chi connectivity index (χ3v) is 8.72. The lowest BCUT2D eigenvalue weighted by atomic mass is 9.63. The summed E-state index contributed by atoms with van der Waals surface area (Å²) in [6.45, 7) is 17.7. The smallest absolute Gasteiger partial charge is 0 e. The Bertz CT molecular complexity index is 405. The van der Waals surface area contributed by atoms with E-state index in [-0.39, 0.29) is 29.0 Å². The van der Waals surface area contributed by atoms with Gasteiger partial charge in [-0.1, -0.05) is 121 Å².